The van der Waals surface area contributed by atoms with Crippen LogP contribution in [0.5, 0.6) is 0 Å². The zero-order valence-corrected chi connectivity index (χ0v) is 12.1. The topological polar surface area (TPSA) is 55.1 Å². The minimum absolute atomic E-state index is 0. The fourth-order valence-corrected chi connectivity index (χ4v) is 2.19. The molecule has 0 bridgehead atoms. The molecule has 0 heterocycles. The molecule has 3 unspecified atom stereocenters. The van der Waals surface area contributed by atoms with E-state index in [9.17, 15) is 13.6 Å². The van der Waals surface area contributed by atoms with Crippen molar-refractivity contribution in [2.24, 2.45) is 11.7 Å². The van der Waals surface area contributed by atoms with Crippen molar-refractivity contribution in [1.29, 1.82) is 0 Å². The summed E-state index contributed by atoms with van der Waals surface area (Å²) in [5, 5.41) is 2.77. The van der Waals surface area contributed by atoms with Crippen molar-refractivity contribution in [1.82, 2.24) is 5.32 Å². The largest absolute Gasteiger partial charge is 0.356 e. The first-order chi connectivity index (χ1) is 9.00. The smallest absolute Gasteiger partial charge is 0.223 e. The van der Waals surface area contributed by atoms with Crippen molar-refractivity contribution in [2.45, 2.75) is 31.7 Å². The molecule has 6 heteroatoms. The van der Waals surface area contributed by atoms with Crippen LogP contribution in [0.1, 0.15) is 31.2 Å². The van der Waals surface area contributed by atoms with Crippen molar-refractivity contribution in [3.63, 3.8) is 0 Å². The van der Waals surface area contributed by atoms with Crippen LogP contribution < -0.4 is 11.1 Å². The highest BCUT2D eigenvalue weighted by atomic mass is 35.5. The lowest BCUT2D eigenvalue weighted by atomic mass is 10.1. The maximum absolute atomic E-state index is 13.6. The highest BCUT2D eigenvalue weighted by Gasteiger charge is 2.45. The minimum atomic E-state index is -0.861. The molecule has 3 atom stereocenters. The number of hydrogen-bond donors (Lipinski definition) is 2. The molecule has 0 spiro atoms. The average Bonchev–Trinajstić information content (AvgIpc) is 3.12. The van der Waals surface area contributed by atoms with Crippen LogP contribution in [0.3, 0.4) is 0 Å². The average molecular weight is 305 g/mol. The molecular weight excluding hydrogens is 286 g/mol. The third-order valence-corrected chi connectivity index (χ3v) is 3.41. The summed E-state index contributed by atoms with van der Waals surface area (Å²) in [5.74, 6) is -2.25. The molecule has 2 rings (SSSR count). The van der Waals surface area contributed by atoms with E-state index in [1.807, 2.05) is 6.92 Å². The van der Waals surface area contributed by atoms with Gasteiger partial charge in [-0.05, 0) is 37.3 Å². The molecule has 1 aliphatic carbocycles. The first-order valence-electron chi connectivity index (χ1n) is 6.48. The zero-order valence-electron chi connectivity index (χ0n) is 11.2. The number of hydrogen-bond acceptors (Lipinski definition) is 2. The van der Waals surface area contributed by atoms with Gasteiger partial charge in [0.25, 0.3) is 0 Å². The van der Waals surface area contributed by atoms with E-state index < -0.39 is 11.6 Å². The number of nitrogens with one attached hydrogen (secondary N) is 1. The van der Waals surface area contributed by atoms with Gasteiger partial charge in [-0.25, -0.2) is 8.78 Å². The monoisotopic (exact) mass is 304 g/mol. The molecular formula is C14H19ClF2N2O. The van der Waals surface area contributed by atoms with Crippen LogP contribution in [0.2, 0.25) is 0 Å². The highest BCUT2D eigenvalue weighted by molar-refractivity contribution is 5.85. The summed E-state index contributed by atoms with van der Waals surface area (Å²) >= 11 is 0. The normalized spacial score (nSPS) is 21.8. The Bertz CT molecular complexity index is 482. The first kappa shape index (κ1) is 16.9. The Balaban J connectivity index is 0.00000200. The molecule has 1 aromatic carbocycles. The van der Waals surface area contributed by atoms with Gasteiger partial charge in [-0.15, -0.1) is 12.4 Å². The van der Waals surface area contributed by atoms with Crippen LogP contribution in [-0.2, 0) is 4.79 Å². The van der Waals surface area contributed by atoms with E-state index in [0.717, 1.165) is 6.07 Å². The first-order valence-corrected chi connectivity index (χ1v) is 6.48. The number of carbonyl (C=O) groups excluding carboxylic acids is 1. The van der Waals surface area contributed by atoms with Crippen LogP contribution in [0.25, 0.3) is 0 Å². The molecule has 0 aromatic heterocycles. The van der Waals surface area contributed by atoms with Gasteiger partial charge in [0.1, 0.15) is 0 Å². The van der Waals surface area contributed by atoms with Gasteiger partial charge in [-0.3, -0.25) is 4.79 Å². The quantitative estimate of drug-likeness (QED) is 0.877. The highest BCUT2D eigenvalue weighted by Crippen LogP contribution is 2.48. The lowest BCUT2D eigenvalue weighted by Crippen LogP contribution is -2.30. The second kappa shape index (κ2) is 6.99. The molecule has 112 valence electrons. The molecule has 0 saturated heterocycles. The molecule has 1 fully saturated rings. The van der Waals surface area contributed by atoms with Crippen molar-refractivity contribution >= 4 is 18.3 Å². The van der Waals surface area contributed by atoms with Gasteiger partial charge in [-0.1, -0.05) is 12.1 Å². The summed E-state index contributed by atoms with van der Waals surface area (Å²) in [4.78, 5) is 11.8. The third kappa shape index (κ3) is 3.90. The molecule has 1 saturated carbocycles. The number of halogens is 3. The van der Waals surface area contributed by atoms with E-state index in [2.05, 4.69) is 5.32 Å². The fraction of sp³-hybridized carbons (Fsp3) is 0.500. The van der Waals surface area contributed by atoms with Gasteiger partial charge in [0, 0.05) is 18.5 Å². The molecule has 3 N–H and O–H groups in total. The van der Waals surface area contributed by atoms with E-state index in [4.69, 9.17) is 5.73 Å². The van der Waals surface area contributed by atoms with E-state index in [1.165, 1.54) is 12.1 Å². The summed E-state index contributed by atoms with van der Waals surface area (Å²) in [6, 6.07) is 4.13. The number of amides is 1. The summed E-state index contributed by atoms with van der Waals surface area (Å²) in [6.45, 7) is 2.39. The van der Waals surface area contributed by atoms with Crippen molar-refractivity contribution in [3.8, 4) is 0 Å². The Kier molecular flexibility index (Phi) is 5.89. The standard InChI is InChI=1S/C14H18F2N2O.ClH/c1-8(17)5-6-18-14(19)11-7-10(11)9-3-2-4-12(15)13(9)16;/h2-4,8,10-11H,5-7,17H2,1H3,(H,18,19);1H. The lowest BCUT2D eigenvalue weighted by Gasteiger charge is -2.07. The second-order valence-corrected chi connectivity index (χ2v) is 5.15. The van der Waals surface area contributed by atoms with E-state index in [1.54, 1.807) is 0 Å². The van der Waals surface area contributed by atoms with Crippen molar-refractivity contribution in [2.75, 3.05) is 6.54 Å². The number of nitrogens with two attached hydrogens (primary N) is 1. The summed E-state index contributed by atoms with van der Waals surface area (Å²) in [7, 11) is 0. The Morgan fingerprint density at radius 2 is 2.20 bits per heavy atom. The molecule has 20 heavy (non-hydrogen) atoms. The summed E-state index contributed by atoms with van der Waals surface area (Å²) < 4.78 is 26.7. The maximum atomic E-state index is 13.6. The van der Waals surface area contributed by atoms with Crippen LogP contribution in [0.15, 0.2) is 18.2 Å². The minimum Gasteiger partial charge on any atom is -0.356 e. The molecule has 0 aliphatic heterocycles. The molecule has 0 radical (unpaired) electrons. The predicted molar refractivity (Wildman–Crippen MR) is 75.7 cm³/mol. The summed E-state index contributed by atoms with van der Waals surface area (Å²) in [6.07, 6.45) is 1.28. The second-order valence-electron chi connectivity index (χ2n) is 5.15. The maximum Gasteiger partial charge on any atom is 0.223 e. The van der Waals surface area contributed by atoms with Gasteiger partial charge >= 0.3 is 0 Å². The van der Waals surface area contributed by atoms with Gasteiger partial charge in [0.2, 0.25) is 5.91 Å². The van der Waals surface area contributed by atoms with Crippen LogP contribution in [-0.4, -0.2) is 18.5 Å². The predicted octanol–water partition coefficient (Wildman–Crippen LogP) is 2.34. The Hall–Kier alpha value is -1.20. The molecule has 1 aliphatic rings. The van der Waals surface area contributed by atoms with E-state index >= 15 is 0 Å². The van der Waals surface area contributed by atoms with Gasteiger partial charge in [0.15, 0.2) is 11.6 Å². The number of rotatable bonds is 5. The Labute approximate surface area is 123 Å². The van der Waals surface area contributed by atoms with Gasteiger partial charge < -0.3 is 11.1 Å². The van der Waals surface area contributed by atoms with Crippen molar-refractivity contribution in [3.05, 3.63) is 35.4 Å². The zero-order chi connectivity index (χ0) is 14.0. The third-order valence-electron chi connectivity index (χ3n) is 3.41. The van der Waals surface area contributed by atoms with Gasteiger partial charge in [0.05, 0.1) is 0 Å². The molecule has 3 nitrogen and oxygen atoms in total. The molecule has 1 aromatic rings. The van der Waals surface area contributed by atoms with Crippen LogP contribution >= 0.6 is 12.4 Å². The lowest BCUT2D eigenvalue weighted by molar-refractivity contribution is -0.122. The number of carbonyl (C=O) groups is 1. The summed E-state index contributed by atoms with van der Waals surface area (Å²) in [5.41, 5.74) is 5.88. The SMILES string of the molecule is CC(N)CCNC(=O)C1CC1c1cccc(F)c1F.Cl. The molecule has 1 amide bonds. The van der Waals surface area contributed by atoms with Gasteiger partial charge in [-0.2, -0.15) is 0 Å². The Morgan fingerprint density at radius 3 is 2.85 bits per heavy atom. The van der Waals surface area contributed by atoms with E-state index in [-0.39, 0.29) is 36.2 Å². The van der Waals surface area contributed by atoms with E-state index in [0.29, 0.717) is 24.9 Å². The fourth-order valence-electron chi connectivity index (χ4n) is 2.19. The van der Waals surface area contributed by atoms with Crippen LogP contribution in [0, 0.1) is 17.6 Å². The number of benzene rings is 1. The van der Waals surface area contributed by atoms with Crippen molar-refractivity contribution < 1.29 is 13.6 Å². The van der Waals surface area contributed by atoms with Crippen LogP contribution in [0.4, 0.5) is 8.78 Å². The Morgan fingerprint density at radius 1 is 1.50 bits per heavy atom.